The van der Waals surface area contributed by atoms with Gasteiger partial charge in [-0.15, -0.1) is 0 Å². The third-order valence-corrected chi connectivity index (χ3v) is 2.32. The van der Waals surface area contributed by atoms with Gasteiger partial charge < -0.3 is 0 Å². The molecule has 1 aromatic rings. The van der Waals surface area contributed by atoms with Crippen LogP contribution in [0.1, 0.15) is 6.92 Å². The van der Waals surface area contributed by atoms with Crippen LogP contribution in [0.3, 0.4) is 0 Å². The maximum atomic E-state index is 11.3. The number of nitrogens with one attached hydrogen (secondary N) is 1. The molecule has 0 bridgehead atoms. The van der Waals surface area contributed by atoms with Crippen molar-refractivity contribution >= 4 is 23.0 Å². The van der Waals surface area contributed by atoms with Gasteiger partial charge in [0.05, 0.1) is 16.3 Å². The lowest BCUT2D eigenvalue weighted by Crippen LogP contribution is -2.25. The number of nitro groups is 1. The van der Waals surface area contributed by atoms with Crippen molar-refractivity contribution in [1.82, 2.24) is 5.43 Å². The smallest absolute Gasteiger partial charge is 0.270 e. The quantitative estimate of drug-likeness (QED) is 0.497. The van der Waals surface area contributed by atoms with Crippen LogP contribution in [0, 0.1) is 10.1 Å². The summed E-state index contributed by atoms with van der Waals surface area (Å²) in [5.41, 5.74) is 3.02. The van der Waals surface area contributed by atoms with Crippen molar-refractivity contribution in [2.24, 2.45) is 15.3 Å². The first-order valence-corrected chi connectivity index (χ1v) is 5.07. The van der Waals surface area contributed by atoms with Gasteiger partial charge in [0, 0.05) is 12.1 Å². The van der Waals surface area contributed by atoms with Crippen molar-refractivity contribution in [1.29, 1.82) is 0 Å². The summed E-state index contributed by atoms with van der Waals surface area (Å²) < 4.78 is 0. The second-order valence-electron chi connectivity index (χ2n) is 3.62. The number of nitro benzene ring substituents is 1. The number of azo groups is 1. The Balaban J connectivity index is 2.19. The maximum absolute atomic E-state index is 11.3. The normalized spacial score (nSPS) is 18.8. The van der Waals surface area contributed by atoms with E-state index in [9.17, 15) is 14.9 Å². The van der Waals surface area contributed by atoms with E-state index in [1.54, 1.807) is 13.0 Å². The molecule has 1 N–H and O–H groups in total. The number of carbonyl (C=O) groups excluding carboxylic acids is 1. The molecule has 1 unspecified atom stereocenters. The van der Waals surface area contributed by atoms with Gasteiger partial charge in [0.1, 0.15) is 0 Å². The molecular formula is C10H9N5O3. The summed E-state index contributed by atoms with van der Waals surface area (Å²) in [6.45, 7) is 1.65. The fourth-order valence-electron chi connectivity index (χ4n) is 1.38. The minimum absolute atomic E-state index is 0.0762. The number of hydrogen-bond acceptors (Lipinski definition) is 6. The summed E-state index contributed by atoms with van der Waals surface area (Å²) >= 11 is 0. The fourth-order valence-corrected chi connectivity index (χ4v) is 1.38. The van der Waals surface area contributed by atoms with Gasteiger partial charge in [0.2, 0.25) is 0 Å². The van der Waals surface area contributed by atoms with E-state index in [0.29, 0.717) is 11.4 Å². The zero-order chi connectivity index (χ0) is 13.1. The van der Waals surface area contributed by atoms with E-state index >= 15 is 0 Å². The first-order chi connectivity index (χ1) is 8.58. The highest BCUT2D eigenvalue weighted by Crippen LogP contribution is 2.20. The van der Waals surface area contributed by atoms with Gasteiger partial charge in [-0.2, -0.15) is 15.3 Å². The van der Waals surface area contributed by atoms with Crippen molar-refractivity contribution in [2.45, 2.75) is 13.0 Å². The molecule has 0 aliphatic carbocycles. The van der Waals surface area contributed by atoms with Crippen LogP contribution in [0.4, 0.5) is 11.4 Å². The average molecular weight is 247 g/mol. The Kier molecular flexibility index (Phi) is 3.09. The van der Waals surface area contributed by atoms with Crippen LogP contribution in [0.5, 0.6) is 0 Å². The predicted octanol–water partition coefficient (Wildman–Crippen LogP) is 1.55. The summed E-state index contributed by atoms with van der Waals surface area (Å²) in [4.78, 5) is 21.3. The Hall–Kier alpha value is -2.64. The van der Waals surface area contributed by atoms with Crippen molar-refractivity contribution in [3.05, 3.63) is 34.4 Å². The number of amides is 1. The monoisotopic (exact) mass is 247 g/mol. The lowest BCUT2D eigenvalue weighted by molar-refractivity contribution is -0.384. The summed E-state index contributed by atoms with van der Waals surface area (Å²) in [6, 6.07) is 4.94. The Bertz CT molecular complexity index is 566. The molecule has 8 heteroatoms. The first kappa shape index (κ1) is 11.8. The molecule has 2 rings (SSSR count). The molecule has 18 heavy (non-hydrogen) atoms. The Morgan fingerprint density at radius 3 is 2.89 bits per heavy atom. The van der Waals surface area contributed by atoms with E-state index in [2.05, 4.69) is 20.8 Å². The lowest BCUT2D eigenvalue weighted by Gasteiger charge is -1.98. The minimum atomic E-state index is -0.760. The van der Waals surface area contributed by atoms with Crippen LogP contribution >= 0.6 is 0 Å². The molecule has 0 saturated carbocycles. The largest absolute Gasteiger partial charge is 0.272 e. The topological polar surface area (TPSA) is 109 Å². The molecule has 0 spiro atoms. The molecule has 0 fully saturated rings. The van der Waals surface area contributed by atoms with Gasteiger partial charge in [-0.3, -0.25) is 14.9 Å². The van der Waals surface area contributed by atoms with E-state index < -0.39 is 11.0 Å². The third-order valence-electron chi connectivity index (χ3n) is 2.32. The predicted molar refractivity (Wildman–Crippen MR) is 62.7 cm³/mol. The molecular weight excluding hydrogens is 238 g/mol. The van der Waals surface area contributed by atoms with Gasteiger partial charge in [-0.1, -0.05) is 6.07 Å². The second-order valence-corrected chi connectivity index (χ2v) is 3.62. The lowest BCUT2D eigenvalue weighted by atomic mass is 10.2. The van der Waals surface area contributed by atoms with Gasteiger partial charge in [-0.25, -0.2) is 5.43 Å². The average Bonchev–Trinajstić information content (AvgIpc) is 2.67. The van der Waals surface area contributed by atoms with Crippen LogP contribution in [0.15, 0.2) is 39.6 Å². The van der Waals surface area contributed by atoms with Gasteiger partial charge in [0.15, 0.2) is 6.04 Å². The fraction of sp³-hybridized carbons (Fsp3) is 0.200. The Labute approximate surface area is 102 Å². The molecule has 92 valence electrons. The van der Waals surface area contributed by atoms with Crippen molar-refractivity contribution < 1.29 is 9.72 Å². The highest BCUT2D eigenvalue weighted by atomic mass is 16.6. The highest BCUT2D eigenvalue weighted by Gasteiger charge is 2.26. The second kappa shape index (κ2) is 4.70. The number of hydrazone groups is 1. The van der Waals surface area contributed by atoms with Crippen molar-refractivity contribution in [3.8, 4) is 0 Å². The van der Waals surface area contributed by atoms with Crippen LogP contribution in [0.2, 0.25) is 0 Å². The van der Waals surface area contributed by atoms with Gasteiger partial charge >= 0.3 is 0 Å². The molecule has 1 aromatic carbocycles. The molecule has 0 aromatic heterocycles. The minimum Gasteiger partial charge on any atom is -0.270 e. The van der Waals surface area contributed by atoms with E-state index in [4.69, 9.17) is 0 Å². The maximum Gasteiger partial charge on any atom is 0.272 e. The van der Waals surface area contributed by atoms with Crippen molar-refractivity contribution in [2.75, 3.05) is 0 Å². The number of hydrogen-bond donors (Lipinski definition) is 1. The molecule has 1 amide bonds. The Morgan fingerprint density at radius 1 is 1.50 bits per heavy atom. The number of nitrogens with zero attached hydrogens (tertiary/aromatic N) is 4. The molecule has 0 radical (unpaired) electrons. The van der Waals surface area contributed by atoms with E-state index in [1.807, 2.05) is 0 Å². The van der Waals surface area contributed by atoms with Crippen LogP contribution in [-0.2, 0) is 4.79 Å². The van der Waals surface area contributed by atoms with E-state index in [0.717, 1.165) is 0 Å². The summed E-state index contributed by atoms with van der Waals surface area (Å²) in [5, 5.41) is 21.9. The number of rotatable bonds is 3. The standard InChI is InChI=1S/C10H9N5O3/c1-6-9(10(16)14-11-6)13-12-7-3-2-4-8(5-7)15(17)18/h2-5,9H,1H3,(H,14,16). The number of non-ortho nitro benzene ring substituents is 1. The van der Waals surface area contributed by atoms with Crippen LogP contribution in [-0.4, -0.2) is 22.6 Å². The first-order valence-electron chi connectivity index (χ1n) is 5.07. The zero-order valence-corrected chi connectivity index (χ0v) is 9.40. The highest BCUT2D eigenvalue weighted by molar-refractivity contribution is 6.10. The Morgan fingerprint density at radius 2 is 2.28 bits per heavy atom. The van der Waals surface area contributed by atoms with Crippen LogP contribution in [0.25, 0.3) is 0 Å². The van der Waals surface area contributed by atoms with E-state index in [-0.39, 0.29) is 11.6 Å². The third kappa shape index (κ3) is 2.37. The summed E-state index contributed by atoms with van der Waals surface area (Å²) in [5.74, 6) is -0.360. The molecule has 0 saturated heterocycles. The number of benzene rings is 1. The SMILES string of the molecule is CC1=NNC(=O)C1N=Nc1cccc([N+](=O)[O-])c1. The van der Waals surface area contributed by atoms with Gasteiger partial charge in [0.25, 0.3) is 11.6 Å². The summed E-state index contributed by atoms with van der Waals surface area (Å²) in [7, 11) is 0. The summed E-state index contributed by atoms with van der Waals surface area (Å²) in [6.07, 6.45) is 0. The van der Waals surface area contributed by atoms with Gasteiger partial charge in [-0.05, 0) is 13.0 Å². The molecule has 8 nitrogen and oxygen atoms in total. The van der Waals surface area contributed by atoms with Crippen LogP contribution < -0.4 is 5.43 Å². The molecule has 1 atom stereocenters. The number of carbonyl (C=O) groups is 1. The zero-order valence-electron chi connectivity index (χ0n) is 9.40. The molecule has 1 heterocycles. The molecule has 1 aliphatic rings. The van der Waals surface area contributed by atoms with E-state index in [1.165, 1.54) is 18.2 Å². The molecule has 1 aliphatic heterocycles. The van der Waals surface area contributed by atoms with Crippen molar-refractivity contribution in [3.63, 3.8) is 0 Å².